The third-order valence-electron chi connectivity index (χ3n) is 2.65. The Balaban J connectivity index is 2.30. The van der Waals surface area contributed by atoms with Crippen LogP contribution in [0.2, 0.25) is 0 Å². The zero-order valence-corrected chi connectivity index (χ0v) is 7.41. The number of fused-ring (bicyclic) bond motifs is 1. The maximum absolute atomic E-state index is 5.27. The van der Waals surface area contributed by atoms with Crippen molar-refractivity contribution in [3.8, 4) is 0 Å². The van der Waals surface area contributed by atoms with Gasteiger partial charge in [-0.15, -0.1) is 0 Å². The molecule has 0 amide bonds. The third kappa shape index (κ3) is 0.988. The molecule has 2 heterocycles. The highest BCUT2D eigenvalue weighted by Gasteiger charge is 2.26. The van der Waals surface area contributed by atoms with E-state index in [0.717, 1.165) is 6.61 Å². The molecule has 0 N–H and O–H groups in total. The molecule has 2 aromatic rings. The first-order valence-corrected chi connectivity index (χ1v) is 4.43. The van der Waals surface area contributed by atoms with Gasteiger partial charge in [-0.3, -0.25) is 0 Å². The Morgan fingerprint density at radius 1 is 1.31 bits per heavy atom. The minimum absolute atomic E-state index is 0.333. The van der Waals surface area contributed by atoms with Gasteiger partial charge in [0.1, 0.15) is 6.10 Å². The van der Waals surface area contributed by atoms with E-state index in [0.29, 0.717) is 6.10 Å². The first-order valence-electron chi connectivity index (χ1n) is 4.43. The van der Waals surface area contributed by atoms with E-state index in [1.54, 1.807) is 12.5 Å². The van der Waals surface area contributed by atoms with Crippen molar-refractivity contribution < 1.29 is 9.15 Å². The van der Waals surface area contributed by atoms with Crippen LogP contribution >= 0.6 is 0 Å². The highest BCUT2D eigenvalue weighted by atomic mass is 16.6. The summed E-state index contributed by atoms with van der Waals surface area (Å²) >= 11 is 0. The van der Waals surface area contributed by atoms with Gasteiger partial charge in [0.2, 0.25) is 0 Å². The van der Waals surface area contributed by atoms with Gasteiger partial charge in [0.25, 0.3) is 0 Å². The summed E-state index contributed by atoms with van der Waals surface area (Å²) < 4.78 is 10.4. The van der Waals surface area contributed by atoms with Crippen molar-refractivity contribution in [2.75, 3.05) is 6.61 Å². The average Bonchev–Trinajstić information content (AvgIpc) is 2.83. The van der Waals surface area contributed by atoms with Crippen LogP contribution in [0.3, 0.4) is 0 Å². The highest BCUT2D eigenvalue weighted by Crippen LogP contribution is 2.35. The van der Waals surface area contributed by atoms with E-state index in [4.69, 9.17) is 9.15 Å². The Morgan fingerprint density at radius 3 is 2.92 bits per heavy atom. The summed E-state index contributed by atoms with van der Waals surface area (Å²) in [5, 5.41) is 2.37. The molecule has 1 fully saturated rings. The van der Waals surface area contributed by atoms with Crippen LogP contribution in [0.15, 0.2) is 29.1 Å². The first-order chi connectivity index (χ1) is 6.36. The molecule has 0 radical (unpaired) electrons. The molecule has 0 aliphatic carbocycles. The molecule has 1 aromatic carbocycles. The van der Waals surface area contributed by atoms with Crippen molar-refractivity contribution in [2.45, 2.75) is 13.0 Å². The smallest absolute Gasteiger partial charge is 0.106 e. The molecule has 66 valence electrons. The Hall–Kier alpha value is -1.28. The quantitative estimate of drug-likeness (QED) is 0.621. The fraction of sp³-hybridized carbons (Fsp3) is 0.273. The van der Waals surface area contributed by atoms with Crippen LogP contribution in [0.4, 0.5) is 0 Å². The summed E-state index contributed by atoms with van der Waals surface area (Å²) in [6.45, 7) is 2.99. The second kappa shape index (κ2) is 2.36. The van der Waals surface area contributed by atoms with Crippen LogP contribution in [-0.4, -0.2) is 6.61 Å². The highest BCUT2D eigenvalue weighted by molar-refractivity contribution is 5.85. The number of hydrogen-bond donors (Lipinski definition) is 0. The van der Waals surface area contributed by atoms with Crippen LogP contribution in [0.5, 0.6) is 0 Å². The van der Waals surface area contributed by atoms with E-state index < -0.39 is 0 Å². The minimum atomic E-state index is 0.333. The van der Waals surface area contributed by atoms with Gasteiger partial charge in [0.15, 0.2) is 0 Å². The molecule has 2 nitrogen and oxygen atoms in total. The zero-order valence-electron chi connectivity index (χ0n) is 7.41. The molecule has 1 aliphatic heterocycles. The van der Waals surface area contributed by atoms with E-state index in [2.05, 4.69) is 19.1 Å². The standard InChI is InChI=1S/C11H10O2/c1-7-9(11-6-13-11)3-2-8-4-12-5-10(7)8/h2-5,11H,6H2,1H3/t11-/m1/s1. The maximum atomic E-state index is 5.27. The Kier molecular flexibility index (Phi) is 1.30. The zero-order chi connectivity index (χ0) is 8.84. The molecule has 0 bridgehead atoms. The maximum Gasteiger partial charge on any atom is 0.106 e. The summed E-state index contributed by atoms with van der Waals surface area (Å²) in [5.41, 5.74) is 2.59. The topological polar surface area (TPSA) is 25.7 Å². The SMILES string of the molecule is Cc1c([C@H]2CO2)ccc2cocc12. The van der Waals surface area contributed by atoms with Gasteiger partial charge in [-0.2, -0.15) is 0 Å². The summed E-state index contributed by atoms with van der Waals surface area (Å²) in [5.74, 6) is 0. The van der Waals surface area contributed by atoms with Crippen LogP contribution in [-0.2, 0) is 4.74 Å². The lowest BCUT2D eigenvalue weighted by atomic mass is 10.0. The van der Waals surface area contributed by atoms with Crippen molar-refractivity contribution in [1.82, 2.24) is 0 Å². The van der Waals surface area contributed by atoms with Gasteiger partial charge in [-0.25, -0.2) is 0 Å². The van der Waals surface area contributed by atoms with Gasteiger partial charge < -0.3 is 9.15 Å². The molecule has 1 aliphatic rings. The molecule has 2 heteroatoms. The van der Waals surface area contributed by atoms with Gasteiger partial charge >= 0.3 is 0 Å². The van der Waals surface area contributed by atoms with E-state index in [1.807, 2.05) is 0 Å². The average molecular weight is 174 g/mol. The number of aryl methyl sites for hydroxylation is 1. The van der Waals surface area contributed by atoms with Crippen molar-refractivity contribution >= 4 is 10.8 Å². The third-order valence-corrected chi connectivity index (χ3v) is 2.65. The normalized spacial score (nSPS) is 20.8. The van der Waals surface area contributed by atoms with E-state index in [1.165, 1.54) is 21.9 Å². The number of epoxide rings is 1. The summed E-state index contributed by atoms with van der Waals surface area (Å²) in [4.78, 5) is 0. The predicted octanol–water partition coefficient (Wildman–Crippen LogP) is 2.81. The Morgan fingerprint density at radius 2 is 2.15 bits per heavy atom. The van der Waals surface area contributed by atoms with Crippen LogP contribution in [0.25, 0.3) is 10.8 Å². The molecule has 0 spiro atoms. The monoisotopic (exact) mass is 174 g/mol. The fourth-order valence-corrected chi connectivity index (χ4v) is 1.78. The summed E-state index contributed by atoms with van der Waals surface area (Å²) in [6, 6.07) is 4.22. The van der Waals surface area contributed by atoms with Crippen LogP contribution in [0.1, 0.15) is 17.2 Å². The molecular weight excluding hydrogens is 164 g/mol. The molecule has 0 unspecified atom stereocenters. The lowest BCUT2D eigenvalue weighted by Crippen LogP contribution is -1.86. The molecule has 1 saturated heterocycles. The van der Waals surface area contributed by atoms with Crippen LogP contribution < -0.4 is 0 Å². The lowest BCUT2D eigenvalue weighted by Gasteiger charge is -2.01. The molecular formula is C11H10O2. The molecule has 3 rings (SSSR count). The van der Waals surface area contributed by atoms with Crippen molar-refractivity contribution in [1.29, 1.82) is 0 Å². The first kappa shape index (κ1) is 7.15. The van der Waals surface area contributed by atoms with Crippen molar-refractivity contribution in [2.24, 2.45) is 0 Å². The molecule has 1 aromatic heterocycles. The molecule has 13 heavy (non-hydrogen) atoms. The van der Waals surface area contributed by atoms with E-state index in [-0.39, 0.29) is 0 Å². The van der Waals surface area contributed by atoms with E-state index in [9.17, 15) is 0 Å². The molecule has 1 atom stereocenters. The minimum Gasteiger partial charge on any atom is -0.471 e. The largest absolute Gasteiger partial charge is 0.471 e. The number of furan rings is 1. The van der Waals surface area contributed by atoms with Gasteiger partial charge in [-0.1, -0.05) is 12.1 Å². The second-order valence-corrected chi connectivity index (χ2v) is 3.48. The number of rotatable bonds is 1. The van der Waals surface area contributed by atoms with Crippen molar-refractivity contribution in [3.63, 3.8) is 0 Å². The predicted molar refractivity (Wildman–Crippen MR) is 49.6 cm³/mol. The number of hydrogen-bond acceptors (Lipinski definition) is 2. The van der Waals surface area contributed by atoms with E-state index >= 15 is 0 Å². The van der Waals surface area contributed by atoms with Crippen molar-refractivity contribution in [3.05, 3.63) is 35.8 Å². The fourth-order valence-electron chi connectivity index (χ4n) is 1.78. The summed E-state index contributed by atoms with van der Waals surface area (Å²) in [7, 11) is 0. The summed E-state index contributed by atoms with van der Waals surface area (Å²) in [6.07, 6.45) is 3.91. The van der Waals surface area contributed by atoms with Gasteiger partial charge in [-0.05, 0) is 18.1 Å². The number of benzene rings is 1. The second-order valence-electron chi connectivity index (χ2n) is 3.48. The van der Waals surface area contributed by atoms with Gasteiger partial charge in [0.05, 0.1) is 19.1 Å². The molecule has 0 saturated carbocycles. The number of ether oxygens (including phenoxy) is 1. The lowest BCUT2D eigenvalue weighted by molar-refractivity contribution is 0.415. The van der Waals surface area contributed by atoms with Crippen LogP contribution in [0, 0.1) is 6.92 Å². The Labute approximate surface area is 76.1 Å². The van der Waals surface area contributed by atoms with Gasteiger partial charge in [0, 0.05) is 10.8 Å². The Bertz CT molecular complexity index is 452.